The zero-order valence-electron chi connectivity index (χ0n) is 11.7. The summed E-state index contributed by atoms with van der Waals surface area (Å²) in [5.41, 5.74) is 7.86. The van der Waals surface area contributed by atoms with Gasteiger partial charge in [0.2, 0.25) is 0 Å². The zero-order chi connectivity index (χ0) is 14.8. The summed E-state index contributed by atoms with van der Waals surface area (Å²) < 4.78 is 12.4. The average molecular weight is 284 g/mol. The number of anilines is 1. The summed E-state index contributed by atoms with van der Waals surface area (Å²) in [7, 11) is 1.60. The van der Waals surface area contributed by atoms with Gasteiger partial charge in [0.1, 0.15) is 35.0 Å². The molecule has 2 N–H and O–H groups in total. The summed E-state index contributed by atoms with van der Waals surface area (Å²) in [5.74, 6) is 1.04. The molecule has 0 saturated carbocycles. The molecule has 1 aliphatic rings. The van der Waals surface area contributed by atoms with E-state index in [2.05, 4.69) is 11.2 Å². The minimum atomic E-state index is -0.145. The van der Waals surface area contributed by atoms with Crippen molar-refractivity contribution in [2.45, 2.75) is 18.9 Å². The van der Waals surface area contributed by atoms with Crippen molar-refractivity contribution in [2.75, 3.05) is 19.5 Å². The highest BCUT2D eigenvalue weighted by Crippen LogP contribution is 2.33. The molecule has 0 amide bonds. The van der Waals surface area contributed by atoms with Crippen molar-refractivity contribution in [3.8, 4) is 17.5 Å². The number of benzene rings is 1. The molecular weight excluding hydrogens is 268 g/mol. The van der Waals surface area contributed by atoms with Gasteiger partial charge < -0.3 is 15.2 Å². The van der Waals surface area contributed by atoms with Crippen LogP contribution in [0.4, 0.5) is 5.82 Å². The van der Waals surface area contributed by atoms with Gasteiger partial charge in [-0.05, 0) is 25.0 Å². The molecule has 108 valence electrons. The first-order valence-electron chi connectivity index (χ1n) is 6.79. The predicted molar refractivity (Wildman–Crippen MR) is 77.2 cm³/mol. The average Bonchev–Trinajstić information content (AvgIpc) is 3.14. The van der Waals surface area contributed by atoms with Gasteiger partial charge in [-0.2, -0.15) is 10.4 Å². The number of hydrogen-bond donors (Lipinski definition) is 1. The molecule has 0 radical (unpaired) electrons. The van der Waals surface area contributed by atoms with Crippen LogP contribution in [0.1, 0.15) is 30.2 Å². The van der Waals surface area contributed by atoms with E-state index in [-0.39, 0.29) is 6.10 Å². The van der Waals surface area contributed by atoms with Crippen molar-refractivity contribution in [2.24, 2.45) is 0 Å². The second-order valence-electron chi connectivity index (χ2n) is 4.87. The Bertz CT molecular complexity index is 696. The maximum Gasteiger partial charge on any atom is 0.145 e. The molecule has 3 rings (SSSR count). The molecule has 0 aliphatic carbocycles. The number of ether oxygens (including phenoxy) is 2. The van der Waals surface area contributed by atoms with Crippen LogP contribution in [0.5, 0.6) is 5.75 Å². The molecule has 1 aromatic carbocycles. The molecule has 1 atom stereocenters. The molecule has 1 aromatic heterocycles. The summed E-state index contributed by atoms with van der Waals surface area (Å²) in [6.45, 7) is 0.696. The van der Waals surface area contributed by atoms with Gasteiger partial charge in [0.15, 0.2) is 0 Å². The Morgan fingerprint density at radius 1 is 1.52 bits per heavy atom. The molecule has 0 bridgehead atoms. The van der Waals surface area contributed by atoms with Crippen molar-refractivity contribution in [1.29, 1.82) is 5.26 Å². The first-order valence-corrected chi connectivity index (χ1v) is 6.79. The Morgan fingerprint density at radius 2 is 2.38 bits per heavy atom. The topological polar surface area (TPSA) is 86.1 Å². The zero-order valence-corrected chi connectivity index (χ0v) is 11.7. The number of nitrogen functional groups attached to an aromatic ring is 1. The number of hydrogen-bond acceptors (Lipinski definition) is 5. The number of methoxy groups -OCH3 is 1. The second kappa shape index (κ2) is 5.46. The van der Waals surface area contributed by atoms with Gasteiger partial charge in [-0.1, -0.05) is 6.07 Å². The summed E-state index contributed by atoms with van der Waals surface area (Å²) in [6, 6.07) is 9.53. The standard InChI is InChI=1S/C15H16N4O2/c1-20-11-5-2-4-10(8-11)19-15(17)12(9-16)14(18-19)13-6-3-7-21-13/h2,4-5,8,13H,3,6-7,17H2,1H3/t13-/m1/s1. The number of nitriles is 1. The Balaban J connectivity index is 2.08. The molecule has 6 nitrogen and oxygen atoms in total. The van der Waals surface area contributed by atoms with E-state index in [0.717, 1.165) is 18.5 Å². The van der Waals surface area contributed by atoms with Crippen LogP contribution >= 0.6 is 0 Å². The van der Waals surface area contributed by atoms with E-state index in [1.54, 1.807) is 11.8 Å². The van der Waals surface area contributed by atoms with Crippen molar-refractivity contribution in [3.05, 3.63) is 35.5 Å². The first kappa shape index (κ1) is 13.5. The Hall–Kier alpha value is -2.52. The number of nitrogens with zero attached hydrogens (tertiary/aromatic N) is 3. The largest absolute Gasteiger partial charge is 0.497 e. The molecule has 0 spiro atoms. The number of nitrogens with two attached hydrogens (primary N) is 1. The fraction of sp³-hybridized carbons (Fsp3) is 0.333. The van der Waals surface area contributed by atoms with Gasteiger partial charge in [-0.15, -0.1) is 0 Å². The lowest BCUT2D eigenvalue weighted by molar-refractivity contribution is 0.108. The van der Waals surface area contributed by atoms with Crippen LogP contribution in [0.2, 0.25) is 0 Å². The number of rotatable bonds is 3. The molecule has 6 heteroatoms. The van der Waals surface area contributed by atoms with Crippen molar-refractivity contribution < 1.29 is 9.47 Å². The second-order valence-corrected chi connectivity index (χ2v) is 4.87. The molecule has 1 aliphatic heterocycles. The third-order valence-electron chi connectivity index (χ3n) is 3.59. The Morgan fingerprint density at radius 3 is 3.05 bits per heavy atom. The quantitative estimate of drug-likeness (QED) is 0.933. The van der Waals surface area contributed by atoms with Crippen LogP contribution in [-0.2, 0) is 4.74 Å². The summed E-state index contributed by atoms with van der Waals surface area (Å²) in [4.78, 5) is 0. The van der Waals surface area contributed by atoms with Crippen molar-refractivity contribution in [3.63, 3.8) is 0 Å². The van der Waals surface area contributed by atoms with Crippen LogP contribution < -0.4 is 10.5 Å². The van der Waals surface area contributed by atoms with Crippen molar-refractivity contribution in [1.82, 2.24) is 9.78 Å². The fourth-order valence-electron chi connectivity index (χ4n) is 2.52. The third kappa shape index (κ3) is 2.32. The van der Waals surface area contributed by atoms with E-state index in [1.807, 2.05) is 24.3 Å². The van der Waals surface area contributed by atoms with Gasteiger partial charge >= 0.3 is 0 Å². The molecule has 2 heterocycles. The minimum Gasteiger partial charge on any atom is -0.497 e. The van der Waals surface area contributed by atoms with Gasteiger partial charge in [0.05, 0.1) is 12.8 Å². The summed E-state index contributed by atoms with van der Waals surface area (Å²) >= 11 is 0. The first-order chi connectivity index (χ1) is 10.2. The summed E-state index contributed by atoms with van der Waals surface area (Å²) in [6.07, 6.45) is 1.69. The maximum atomic E-state index is 9.36. The SMILES string of the molecule is COc1cccc(-n2nc([C@H]3CCCO3)c(C#N)c2N)c1. The molecule has 1 saturated heterocycles. The molecule has 0 unspecified atom stereocenters. The van der Waals surface area contributed by atoms with E-state index in [1.165, 1.54) is 0 Å². The lowest BCUT2D eigenvalue weighted by Crippen LogP contribution is -2.03. The maximum absolute atomic E-state index is 9.36. The molecule has 21 heavy (non-hydrogen) atoms. The minimum absolute atomic E-state index is 0.145. The monoisotopic (exact) mass is 284 g/mol. The van der Waals surface area contributed by atoms with Crippen molar-refractivity contribution >= 4 is 5.82 Å². The number of aromatic nitrogens is 2. The van der Waals surface area contributed by atoms with Gasteiger partial charge in [0, 0.05) is 12.7 Å². The normalized spacial score (nSPS) is 17.6. The van der Waals surface area contributed by atoms with E-state index in [9.17, 15) is 5.26 Å². The van der Waals surface area contributed by atoms with E-state index >= 15 is 0 Å². The van der Waals surface area contributed by atoms with E-state index in [0.29, 0.717) is 29.4 Å². The fourth-order valence-corrected chi connectivity index (χ4v) is 2.52. The van der Waals surface area contributed by atoms with Crippen LogP contribution in [0.15, 0.2) is 24.3 Å². The molecular formula is C15H16N4O2. The van der Waals surface area contributed by atoms with Crippen LogP contribution in [-0.4, -0.2) is 23.5 Å². The smallest absolute Gasteiger partial charge is 0.145 e. The Labute approximate surface area is 122 Å². The van der Waals surface area contributed by atoms with Crippen LogP contribution in [0.3, 0.4) is 0 Å². The van der Waals surface area contributed by atoms with E-state index < -0.39 is 0 Å². The predicted octanol–water partition coefficient (Wildman–Crippen LogP) is 2.19. The highest BCUT2D eigenvalue weighted by molar-refractivity contribution is 5.57. The molecule has 2 aromatic rings. The van der Waals surface area contributed by atoms with Gasteiger partial charge in [-0.25, -0.2) is 4.68 Å². The van der Waals surface area contributed by atoms with Crippen LogP contribution in [0, 0.1) is 11.3 Å². The summed E-state index contributed by atoms with van der Waals surface area (Å²) in [5, 5.41) is 13.9. The Kier molecular flexibility index (Phi) is 3.50. The lowest BCUT2D eigenvalue weighted by Gasteiger charge is -2.06. The third-order valence-corrected chi connectivity index (χ3v) is 3.59. The van der Waals surface area contributed by atoms with Gasteiger partial charge in [-0.3, -0.25) is 0 Å². The molecule has 1 fully saturated rings. The highest BCUT2D eigenvalue weighted by atomic mass is 16.5. The lowest BCUT2D eigenvalue weighted by atomic mass is 10.1. The van der Waals surface area contributed by atoms with E-state index in [4.69, 9.17) is 15.2 Å². The highest BCUT2D eigenvalue weighted by Gasteiger charge is 2.27. The van der Waals surface area contributed by atoms with Crippen LogP contribution in [0.25, 0.3) is 5.69 Å². The van der Waals surface area contributed by atoms with Gasteiger partial charge in [0.25, 0.3) is 0 Å².